The van der Waals surface area contributed by atoms with Crippen LogP contribution in [0.2, 0.25) is 0 Å². The number of hydrogen-bond acceptors (Lipinski definition) is 6. The molecule has 3 N–H and O–H groups in total. The molecule has 2 heterocycles. The number of carbonyl (C=O) groups is 1. The third-order valence-electron chi connectivity index (χ3n) is 5.66. The molecule has 0 spiro atoms. The molecule has 0 radical (unpaired) electrons. The van der Waals surface area contributed by atoms with Gasteiger partial charge in [-0.2, -0.15) is 13.2 Å². The average molecular weight is 493 g/mol. The fraction of sp³-hybridized carbons (Fsp3) is 0.200. The lowest BCUT2D eigenvalue weighted by Gasteiger charge is -2.14. The van der Waals surface area contributed by atoms with Crippen LogP contribution >= 0.6 is 0 Å². The molecule has 1 fully saturated rings. The summed E-state index contributed by atoms with van der Waals surface area (Å²) >= 11 is 0. The number of aromatic nitrogens is 4. The topological polar surface area (TPSA) is 96.8 Å². The van der Waals surface area contributed by atoms with E-state index >= 15 is 0 Å². The number of hydrogen-bond donors (Lipinski definition) is 3. The molecule has 0 atom stereocenters. The van der Waals surface area contributed by atoms with Gasteiger partial charge in [-0.1, -0.05) is 12.1 Å². The van der Waals surface area contributed by atoms with Gasteiger partial charge in [-0.15, -0.1) is 0 Å². The molecule has 1 amide bonds. The lowest BCUT2D eigenvalue weighted by Crippen LogP contribution is -2.14. The number of rotatable bonds is 7. The standard InChI is InChI=1S/C25H22F3N7O/c1-15-5-6-16(23(36)33-19-4-2-3-17(12-19)25(26,27)28)11-20(15)34-24-29-9-10-35(24)22-13-21(30-14-31-22)32-18-7-8-18/h2-6,9-14,18H,7-8H2,1H3,(H,29,34)(H,33,36)(H,30,31,32). The molecule has 11 heteroatoms. The predicted octanol–water partition coefficient (Wildman–Crippen LogP) is 5.56. The van der Waals surface area contributed by atoms with E-state index in [1.54, 1.807) is 35.2 Å². The molecule has 2 aromatic heterocycles. The van der Waals surface area contributed by atoms with Gasteiger partial charge < -0.3 is 16.0 Å². The highest BCUT2D eigenvalue weighted by molar-refractivity contribution is 6.05. The summed E-state index contributed by atoms with van der Waals surface area (Å²) in [5, 5.41) is 9.09. The van der Waals surface area contributed by atoms with Crippen molar-refractivity contribution in [3.8, 4) is 5.82 Å². The van der Waals surface area contributed by atoms with Crippen LogP contribution in [0.3, 0.4) is 0 Å². The lowest BCUT2D eigenvalue weighted by atomic mass is 10.1. The number of carbonyl (C=O) groups excluding carboxylic acids is 1. The molecule has 1 aliphatic carbocycles. The van der Waals surface area contributed by atoms with E-state index in [-0.39, 0.29) is 11.3 Å². The van der Waals surface area contributed by atoms with Crippen molar-refractivity contribution in [3.63, 3.8) is 0 Å². The van der Waals surface area contributed by atoms with E-state index in [2.05, 4.69) is 30.9 Å². The summed E-state index contributed by atoms with van der Waals surface area (Å²) in [6.45, 7) is 1.87. The second-order valence-electron chi connectivity index (χ2n) is 8.49. The number of nitrogens with zero attached hydrogens (tertiary/aromatic N) is 4. The Bertz CT molecular complexity index is 1410. The van der Waals surface area contributed by atoms with E-state index in [4.69, 9.17) is 0 Å². The second-order valence-corrected chi connectivity index (χ2v) is 8.49. The first-order valence-corrected chi connectivity index (χ1v) is 11.2. The largest absolute Gasteiger partial charge is 0.416 e. The van der Waals surface area contributed by atoms with Crippen LogP contribution in [0.1, 0.15) is 34.3 Å². The molecule has 0 bridgehead atoms. The minimum Gasteiger partial charge on any atom is -0.367 e. The van der Waals surface area contributed by atoms with Crippen LogP contribution in [0.15, 0.2) is 67.3 Å². The maximum atomic E-state index is 13.0. The van der Waals surface area contributed by atoms with Crippen LogP contribution in [0.5, 0.6) is 0 Å². The van der Waals surface area contributed by atoms with Gasteiger partial charge in [0.25, 0.3) is 5.91 Å². The molecular formula is C25H22F3N7O. The van der Waals surface area contributed by atoms with E-state index in [0.29, 0.717) is 23.5 Å². The first-order chi connectivity index (χ1) is 17.3. The molecule has 5 rings (SSSR count). The van der Waals surface area contributed by atoms with Crippen LogP contribution in [-0.2, 0) is 6.18 Å². The zero-order valence-corrected chi connectivity index (χ0v) is 19.2. The summed E-state index contributed by atoms with van der Waals surface area (Å²) < 4.78 is 40.8. The zero-order chi connectivity index (χ0) is 25.3. The number of halogens is 3. The fourth-order valence-electron chi connectivity index (χ4n) is 3.57. The fourth-order valence-corrected chi connectivity index (χ4v) is 3.57. The Kier molecular flexibility index (Phi) is 6.05. The number of imidazole rings is 1. The lowest BCUT2D eigenvalue weighted by molar-refractivity contribution is -0.137. The Morgan fingerprint density at radius 1 is 1.06 bits per heavy atom. The van der Waals surface area contributed by atoms with Gasteiger partial charge in [0.05, 0.1) is 5.56 Å². The number of amides is 1. The molecular weight excluding hydrogens is 471 g/mol. The Balaban J connectivity index is 1.35. The maximum absolute atomic E-state index is 13.0. The quantitative estimate of drug-likeness (QED) is 0.312. The minimum absolute atomic E-state index is 0.0554. The first kappa shape index (κ1) is 23.3. The summed E-state index contributed by atoms with van der Waals surface area (Å²) in [5.41, 5.74) is 0.957. The van der Waals surface area contributed by atoms with E-state index < -0.39 is 17.6 Å². The molecule has 1 aliphatic rings. The summed E-state index contributed by atoms with van der Waals surface area (Å²) in [6, 6.07) is 11.8. The Morgan fingerprint density at radius 2 is 1.89 bits per heavy atom. The van der Waals surface area contributed by atoms with Crippen molar-refractivity contribution in [3.05, 3.63) is 83.9 Å². The van der Waals surface area contributed by atoms with Crippen molar-refractivity contribution in [2.45, 2.75) is 32.0 Å². The predicted molar refractivity (Wildman–Crippen MR) is 130 cm³/mol. The first-order valence-electron chi connectivity index (χ1n) is 11.2. The van der Waals surface area contributed by atoms with Gasteiger partial charge >= 0.3 is 6.18 Å². The molecule has 8 nitrogen and oxygen atoms in total. The zero-order valence-electron chi connectivity index (χ0n) is 19.2. The summed E-state index contributed by atoms with van der Waals surface area (Å²) in [4.78, 5) is 25.8. The highest BCUT2D eigenvalue weighted by atomic mass is 19.4. The third-order valence-corrected chi connectivity index (χ3v) is 5.66. The van der Waals surface area contributed by atoms with Gasteiger partial charge in [0.15, 0.2) is 0 Å². The van der Waals surface area contributed by atoms with Crippen LogP contribution in [-0.4, -0.2) is 31.5 Å². The smallest absolute Gasteiger partial charge is 0.367 e. The Hall–Kier alpha value is -4.41. The SMILES string of the molecule is Cc1ccc(C(=O)Nc2cccc(C(F)(F)F)c2)cc1Nc1nccn1-c1cc(NC2CC2)ncn1. The van der Waals surface area contributed by atoms with Crippen molar-refractivity contribution in [2.24, 2.45) is 0 Å². The Morgan fingerprint density at radius 3 is 2.67 bits per heavy atom. The molecule has 0 unspecified atom stereocenters. The summed E-state index contributed by atoms with van der Waals surface area (Å²) in [7, 11) is 0. The van der Waals surface area contributed by atoms with Gasteiger partial charge in [-0.3, -0.25) is 9.36 Å². The molecule has 0 saturated heterocycles. The van der Waals surface area contributed by atoms with Crippen molar-refractivity contribution in [1.82, 2.24) is 19.5 Å². The number of aryl methyl sites for hydroxylation is 1. The number of alkyl halides is 3. The van der Waals surface area contributed by atoms with Gasteiger partial charge in [-0.25, -0.2) is 15.0 Å². The van der Waals surface area contributed by atoms with Gasteiger partial charge in [0.1, 0.15) is 18.0 Å². The minimum atomic E-state index is -4.50. The monoisotopic (exact) mass is 493 g/mol. The van der Waals surface area contributed by atoms with E-state index in [1.165, 1.54) is 18.5 Å². The molecule has 184 valence electrons. The van der Waals surface area contributed by atoms with Crippen LogP contribution < -0.4 is 16.0 Å². The highest BCUT2D eigenvalue weighted by Crippen LogP contribution is 2.31. The highest BCUT2D eigenvalue weighted by Gasteiger charge is 2.30. The van der Waals surface area contributed by atoms with Gasteiger partial charge in [0, 0.05) is 41.4 Å². The molecule has 36 heavy (non-hydrogen) atoms. The summed E-state index contributed by atoms with van der Waals surface area (Å²) in [5.74, 6) is 1.28. The van der Waals surface area contributed by atoms with E-state index in [9.17, 15) is 18.0 Å². The van der Waals surface area contributed by atoms with Crippen molar-refractivity contribution in [2.75, 3.05) is 16.0 Å². The Labute approximate surface area is 204 Å². The van der Waals surface area contributed by atoms with Crippen molar-refractivity contribution < 1.29 is 18.0 Å². The van der Waals surface area contributed by atoms with Crippen molar-refractivity contribution in [1.29, 1.82) is 0 Å². The average Bonchev–Trinajstić information content (AvgIpc) is 3.54. The van der Waals surface area contributed by atoms with Crippen LogP contribution in [0.25, 0.3) is 5.82 Å². The normalized spacial score (nSPS) is 13.3. The van der Waals surface area contributed by atoms with Crippen LogP contribution in [0, 0.1) is 6.92 Å². The molecule has 4 aromatic rings. The van der Waals surface area contributed by atoms with Crippen LogP contribution in [0.4, 0.5) is 36.3 Å². The van der Waals surface area contributed by atoms with Gasteiger partial charge in [-0.05, 0) is 55.7 Å². The maximum Gasteiger partial charge on any atom is 0.416 e. The van der Waals surface area contributed by atoms with Gasteiger partial charge in [0.2, 0.25) is 5.95 Å². The third kappa shape index (κ3) is 5.29. The van der Waals surface area contributed by atoms with E-state index in [1.807, 2.05) is 13.0 Å². The number of nitrogens with one attached hydrogen (secondary N) is 3. The van der Waals surface area contributed by atoms with E-state index in [0.717, 1.165) is 36.4 Å². The number of benzene rings is 2. The second kappa shape index (κ2) is 9.33. The molecule has 2 aromatic carbocycles. The van der Waals surface area contributed by atoms with Crippen molar-refractivity contribution >= 4 is 29.0 Å². The number of anilines is 4. The molecule has 1 saturated carbocycles. The summed E-state index contributed by atoms with van der Waals surface area (Å²) in [6.07, 6.45) is 2.60. The molecule has 0 aliphatic heterocycles.